The van der Waals surface area contributed by atoms with Crippen LogP contribution in [0.4, 0.5) is 0 Å². The average molecular weight is 375 g/mol. The fraction of sp³-hybridized carbons (Fsp3) is 0.826. The molecule has 27 heavy (non-hydrogen) atoms. The van der Waals surface area contributed by atoms with Crippen molar-refractivity contribution in [3.63, 3.8) is 0 Å². The minimum absolute atomic E-state index is 0.144. The number of Topliss-reactive ketones (excluding diaryl/α,β-unsaturated/α-hetero) is 2. The van der Waals surface area contributed by atoms with E-state index in [1.54, 1.807) is 0 Å². The molecule has 1 aliphatic heterocycles. The molecule has 150 valence electrons. The molecule has 2 bridgehead atoms. The van der Waals surface area contributed by atoms with Crippen LogP contribution in [0, 0.1) is 29.1 Å². The second kappa shape index (κ2) is 5.92. The molecule has 4 aliphatic carbocycles. The monoisotopic (exact) mass is 374 g/mol. The number of ketones is 2. The number of hydrogen-bond donors (Lipinski definition) is 0. The van der Waals surface area contributed by atoms with Gasteiger partial charge in [-0.3, -0.25) is 9.59 Å². The summed E-state index contributed by atoms with van der Waals surface area (Å²) in [6.07, 6.45) is 5.71. The van der Waals surface area contributed by atoms with Gasteiger partial charge in [0.1, 0.15) is 11.4 Å². The highest BCUT2D eigenvalue weighted by Crippen LogP contribution is 2.67. The third-order valence-electron chi connectivity index (χ3n) is 8.85. The number of hydrogen-bond acceptors (Lipinski definition) is 4. The molecule has 0 saturated heterocycles. The first kappa shape index (κ1) is 19.2. The molecule has 1 spiro atoms. The van der Waals surface area contributed by atoms with Crippen LogP contribution in [-0.4, -0.2) is 29.9 Å². The van der Waals surface area contributed by atoms with Crippen molar-refractivity contribution in [2.45, 2.75) is 84.3 Å². The van der Waals surface area contributed by atoms with E-state index in [1.807, 2.05) is 0 Å². The van der Waals surface area contributed by atoms with Gasteiger partial charge in [-0.15, -0.1) is 0 Å². The first-order valence-corrected chi connectivity index (χ1v) is 10.7. The average Bonchev–Trinajstić information content (AvgIpc) is 2.92. The van der Waals surface area contributed by atoms with E-state index in [2.05, 4.69) is 27.7 Å². The first-order valence-electron chi connectivity index (χ1n) is 10.7. The first-order chi connectivity index (χ1) is 12.6. The number of methoxy groups -OCH3 is 1. The molecule has 4 heteroatoms. The van der Waals surface area contributed by atoms with Gasteiger partial charge >= 0.3 is 0 Å². The number of carbonyl (C=O) groups is 2. The molecular formula is C23H34O4. The second-order valence-electron chi connectivity index (χ2n) is 10.1. The lowest BCUT2D eigenvalue weighted by Crippen LogP contribution is -2.63. The van der Waals surface area contributed by atoms with Crippen LogP contribution in [0.5, 0.6) is 0 Å². The highest BCUT2D eigenvalue weighted by molar-refractivity contribution is 6.19. The summed E-state index contributed by atoms with van der Waals surface area (Å²) in [6.45, 7) is 10.7. The van der Waals surface area contributed by atoms with Gasteiger partial charge in [-0.25, -0.2) is 0 Å². The summed E-state index contributed by atoms with van der Waals surface area (Å²) in [5, 5.41) is 0. The van der Waals surface area contributed by atoms with Crippen molar-refractivity contribution in [2.24, 2.45) is 29.1 Å². The Bertz CT molecular complexity index is 718. The molecular weight excluding hydrogens is 340 g/mol. The highest BCUT2D eigenvalue weighted by Gasteiger charge is 2.66. The summed E-state index contributed by atoms with van der Waals surface area (Å²) >= 11 is 0. The Hall–Kier alpha value is -1.16. The van der Waals surface area contributed by atoms with E-state index in [9.17, 15) is 9.59 Å². The summed E-state index contributed by atoms with van der Waals surface area (Å²) in [5.41, 5.74) is -0.482. The van der Waals surface area contributed by atoms with Gasteiger partial charge in [-0.1, -0.05) is 34.1 Å². The molecule has 0 unspecified atom stereocenters. The Kier molecular flexibility index (Phi) is 4.20. The van der Waals surface area contributed by atoms with Gasteiger partial charge in [-0.2, -0.15) is 0 Å². The second-order valence-corrected chi connectivity index (χ2v) is 10.1. The number of rotatable bonds is 4. The lowest BCUT2D eigenvalue weighted by molar-refractivity contribution is -0.225. The molecule has 6 atom stereocenters. The summed E-state index contributed by atoms with van der Waals surface area (Å²) in [4.78, 5) is 25.8. The van der Waals surface area contributed by atoms with Crippen LogP contribution < -0.4 is 0 Å². The molecule has 5 rings (SSSR count). The van der Waals surface area contributed by atoms with Gasteiger partial charge in [0.05, 0.1) is 0 Å². The minimum Gasteiger partial charge on any atom is -0.491 e. The summed E-state index contributed by atoms with van der Waals surface area (Å²) in [5.74, 6) is 2.29. The van der Waals surface area contributed by atoms with Crippen molar-refractivity contribution in [1.82, 2.24) is 0 Å². The highest BCUT2D eigenvalue weighted by atomic mass is 16.5. The van der Waals surface area contributed by atoms with Crippen molar-refractivity contribution in [3.05, 3.63) is 11.3 Å². The van der Waals surface area contributed by atoms with E-state index >= 15 is 0 Å². The maximum absolute atomic E-state index is 13.4. The summed E-state index contributed by atoms with van der Waals surface area (Å²) < 4.78 is 12.3. The third-order valence-corrected chi connectivity index (χ3v) is 8.85. The Morgan fingerprint density at radius 1 is 1.37 bits per heavy atom. The number of ether oxygens (including phenoxy) is 2. The van der Waals surface area contributed by atoms with Crippen molar-refractivity contribution < 1.29 is 19.1 Å². The van der Waals surface area contributed by atoms with Crippen LogP contribution in [0.25, 0.3) is 0 Å². The zero-order valence-electron chi connectivity index (χ0n) is 17.7. The maximum Gasteiger partial charge on any atom is 0.202 e. The maximum atomic E-state index is 13.4. The predicted molar refractivity (Wildman–Crippen MR) is 103 cm³/mol. The van der Waals surface area contributed by atoms with Gasteiger partial charge < -0.3 is 9.47 Å². The Morgan fingerprint density at radius 2 is 2.07 bits per heavy atom. The molecule has 5 aliphatic rings. The van der Waals surface area contributed by atoms with E-state index in [0.717, 1.165) is 36.5 Å². The zero-order valence-corrected chi connectivity index (χ0v) is 17.7. The molecule has 3 saturated carbocycles. The molecule has 0 aromatic rings. The quantitative estimate of drug-likeness (QED) is 0.682. The fourth-order valence-corrected chi connectivity index (χ4v) is 6.69. The summed E-state index contributed by atoms with van der Waals surface area (Å²) in [7, 11) is 1.48. The van der Waals surface area contributed by atoms with Gasteiger partial charge in [-0.05, 0) is 55.8 Å². The van der Waals surface area contributed by atoms with Crippen LogP contribution in [-0.2, 0) is 19.1 Å². The van der Waals surface area contributed by atoms with E-state index in [-0.39, 0.29) is 29.5 Å². The van der Waals surface area contributed by atoms with E-state index < -0.39 is 5.60 Å². The minimum atomic E-state index is -1.37. The Labute approximate surface area is 163 Å². The smallest absolute Gasteiger partial charge is 0.202 e. The van der Waals surface area contributed by atoms with Gasteiger partial charge in [0.2, 0.25) is 5.78 Å². The van der Waals surface area contributed by atoms with Crippen LogP contribution in [0.1, 0.15) is 73.1 Å². The molecule has 1 heterocycles. The van der Waals surface area contributed by atoms with Crippen LogP contribution >= 0.6 is 0 Å². The number of fused-ring (bicyclic) bond motifs is 1. The predicted octanol–water partition coefficient (Wildman–Crippen LogP) is 4.47. The standard InChI is InChI=1S/C23H34O4/c1-7-13(2)16-11-22(9-8-15-10-18(22)21(15,4)5)27-17-12-23(26-6,14(3)24)20(25)19(16)17/h13,15-16,18H,7-12H2,1-6H3/t13-,15-,16+,18+,22+,23+/m0/s1. The van der Waals surface area contributed by atoms with Gasteiger partial charge in [0.15, 0.2) is 11.4 Å². The lowest BCUT2D eigenvalue weighted by Gasteiger charge is -2.66. The lowest BCUT2D eigenvalue weighted by atomic mass is 9.42. The normalized spacial score (nSPS) is 43.2. The Balaban J connectivity index is 1.77. The molecule has 0 aromatic heterocycles. The van der Waals surface area contributed by atoms with Crippen molar-refractivity contribution in [3.8, 4) is 0 Å². The summed E-state index contributed by atoms with van der Waals surface area (Å²) in [6, 6.07) is 0. The van der Waals surface area contributed by atoms with Crippen molar-refractivity contribution in [1.29, 1.82) is 0 Å². The van der Waals surface area contributed by atoms with E-state index in [0.29, 0.717) is 17.3 Å². The van der Waals surface area contributed by atoms with Gasteiger partial charge in [0.25, 0.3) is 0 Å². The third kappa shape index (κ3) is 2.31. The number of carbonyl (C=O) groups excluding carboxylic acids is 2. The van der Waals surface area contributed by atoms with Crippen LogP contribution in [0.15, 0.2) is 11.3 Å². The van der Waals surface area contributed by atoms with Crippen LogP contribution in [0.3, 0.4) is 0 Å². The zero-order chi connectivity index (χ0) is 19.8. The SMILES string of the molecule is CC[C@H](C)[C@H]1C[C@@]2(CC[C@H]3C[C@@H]2C3(C)C)OC2=C1C(=O)[C@](OC)(C(C)=O)C2. The van der Waals surface area contributed by atoms with Crippen molar-refractivity contribution in [2.75, 3.05) is 7.11 Å². The molecule has 0 N–H and O–H groups in total. The Morgan fingerprint density at radius 3 is 2.59 bits per heavy atom. The molecule has 0 amide bonds. The van der Waals surface area contributed by atoms with E-state index in [4.69, 9.17) is 9.47 Å². The topological polar surface area (TPSA) is 52.6 Å². The van der Waals surface area contributed by atoms with E-state index in [1.165, 1.54) is 26.9 Å². The van der Waals surface area contributed by atoms with Crippen molar-refractivity contribution >= 4 is 11.6 Å². The molecule has 4 nitrogen and oxygen atoms in total. The molecule has 3 fully saturated rings. The molecule has 0 aromatic carbocycles. The van der Waals surface area contributed by atoms with Crippen LogP contribution in [0.2, 0.25) is 0 Å². The van der Waals surface area contributed by atoms with Gasteiger partial charge in [0, 0.05) is 25.0 Å². The fourth-order valence-electron chi connectivity index (χ4n) is 6.69. The molecule has 0 radical (unpaired) electrons. The largest absolute Gasteiger partial charge is 0.491 e.